The molecule has 1 aliphatic heterocycles. The van der Waals surface area contributed by atoms with Crippen LogP contribution in [0.1, 0.15) is 30.1 Å². The number of fused-ring (bicyclic) bond motifs is 1. The van der Waals surface area contributed by atoms with E-state index in [9.17, 15) is 19.2 Å². The van der Waals surface area contributed by atoms with Crippen molar-refractivity contribution in [3.05, 3.63) is 54.1 Å². The maximum absolute atomic E-state index is 13.0. The summed E-state index contributed by atoms with van der Waals surface area (Å²) in [4.78, 5) is 51.7. The van der Waals surface area contributed by atoms with Gasteiger partial charge in [-0.15, -0.1) is 23.2 Å². The van der Waals surface area contributed by atoms with Crippen LogP contribution in [0, 0.1) is 11.8 Å². The normalized spacial score (nSPS) is 23.6. The lowest BCUT2D eigenvalue weighted by Crippen LogP contribution is -2.34. The maximum atomic E-state index is 13.0. The Hall–Kier alpha value is -3.10. The van der Waals surface area contributed by atoms with Gasteiger partial charge in [-0.05, 0) is 62.2 Å². The molecule has 1 N–H and O–H groups in total. The maximum Gasteiger partial charge on any atom is 0.338 e. The number of halogens is 2. The van der Waals surface area contributed by atoms with Crippen molar-refractivity contribution in [1.82, 2.24) is 0 Å². The monoisotopic (exact) mass is 518 g/mol. The number of nitrogens with zero attached hydrogens (tertiary/aromatic N) is 1. The first-order chi connectivity index (χ1) is 16.8. The molecule has 2 fully saturated rings. The fraction of sp³-hybridized carbons (Fsp3) is 0.360. The molecule has 2 aromatic rings. The second-order valence-corrected chi connectivity index (χ2v) is 9.48. The first kappa shape index (κ1) is 25.0. The average Bonchev–Trinajstić information content (AvgIpc) is 3.08. The van der Waals surface area contributed by atoms with E-state index in [4.69, 9.17) is 32.7 Å². The molecule has 0 aromatic heterocycles. The molecule has 2 aliphatic rings. The molecule has 8 nitrogen and oxygen atoms in total. The van der Waals surface area contributed by atoms with Crippen molar-refractivity contribution in [1.29, 1.82) is 0 Å². The second kappa shape index (κ2) is 10.7. The summed E-state index contributed by atoms with van der Waals surface area (Å²) in [5, 5.41) is 1.86. The third-order valence-corrected chi connectivity index (χ3v) is 7.13. The fourth-order valence-electron chi connectivity index (χ4n) is 4.33. The third kappa shape index (κ3) is 5.44. The van der Waals surface area contributed by atoms with E-state index in [1.54, 1.807) is 36.4 Å². The van der Waals surface area contributed by atoms with Gasteiger partial charge in [-0.2, -0.15) is 0 Å². The van der Waals surface area contributed by atoms with Crippen molar-refractivity contribution in [2.75, 3.05) is 23.4 Å². The third-order valence-electron chi connectivity index (χ3n) is 6.04. The minimum absolute atomic E-state index is 0.109. The molecule has 2 aromatic carbocycles. The topological polar surface area (TPSA) is 102 Å². The highest BCUT2D eigenvalue weighted by molar-refractivity contribution is 6.31. The van der Waals surface area contributed by atoms with Crippen LogP contribution in [0.4, 0.5) is 11.4 Å². The predicted octanol–water partition coefficient (Wildman–Crippen LogP) is 4.00. The molecule has 0 bridgehead atoms. The standard InChI is InChI=1S/C25H24Cl2N2O6/c1-2-34-17-8-6-15(7-9-17)28-22(30)13-35-25(33)14-4-3-5-16(10-14)29-23(31)18-11-20(26)21(27)12-19(18)24(29)32/h3-10,18-21H,2,11-13H2,1H3,(H,28,30)/t18-,19+,20-,21-/m0/s1. The number of hydrogen-bond acceptors (Lipinski definition) is 6. The van der Waals surface area contributed by atoms with Crippen molar-refractivity contribution in [2.24, 2.45) is 11.8 Å². The van der Waals surface area contributed by atoms with E-state index < -0.39 is 30.3 Å². The van der Waals surface area contributed by atoms with E-state index in [1.165, 1.54) is 12.1 Å². The van der Waals surface area contributed by atoms with Crippen LogP contribution in [0.3, 0.4) is 0 Å². The van der Waals surface area contributed by atoms with Gasteiger partial charge in [0.25, 0.3) is 5.91 Å². The number of benzene rings is 2. The number of alkyl halides is 2. The van der Waals surface area contributed by atoms with Gasteiger partial charge in [0.15, 0.2) is 6.61 Å². The van der Waals surface area contributed by atoms with Gasteiger partial charge >= 0.3 is 5.97 Å². The molecular weight excluding hydrogens is 495 g/mol. The summed E-state index contributed by atoms with van der Waals surface area (Å²) >= 11 is 12.4. The number of esters is 1. The smallest absolute Gasteiger partial charge is 0.338 e. The molecule has 1 saturated carbocycles. The molecule has 10 heteroatoms. The summed E-state index contributed by atoms with van der Waals surface area (Å²) in [6.07, 6.45) is 0.652. The molecule has 1 heterocycles. The van der Waals surface area contributed by atoms with Crippen molar-refractivity contribution >= 4 is 58.3 Å². The molecule has 1 aliphatic carbocycles. The minimum Gasteiger partial charge on any atom is -0.494 e. The zero-order valence-electron chi connectivity index (χ0n) is 18.9. The van der Waals surface area contributed by atoms with E-state index in [-0.39, 0.29) is 33.8 Å². The van der Waals surface area contributed by atoms with Gasteiger partial charge in [-0.1, -0.05) is 6.07 Å². The number of imide groups is 1. The Morgan fingerprint density at radius 3 is 2.23 bits per heavy atom. The van der Waals surface area contributed by atoms with E-state index in [1.807, 2.05) is 6.92 Å². The van der Waals surface area contributed by atoms with Crippen LogP contribution >= 0.6 is 23.2 Å². The number of hydrogen-bond donors (Lipinski definition) is 1. The van der Waals surface area contributed by atoms with Crippen LogP contribution in [0.2, 0.25) is 0 Å². The zero-order valence-corrected chi connectivity index (χ0v) is 20.4. The number of amides is 3. The highest BCUT2D eigenvalue weighted by Crippen LogP contribution is 2.43. The van der Waals surface area contributed by atoms with E-state index in [0.717, 1.165) is 4.90 Å². The number of anilines is 2. The first-order valence-electron chi connectivity index (χ1n) is 11.2. The molecule has 1 saturated heterocycles. The zero-order chi connectivity index (χ0) is 25.1. The lowest BCUT2D eigenvalue weighted by molar-refractivity contribution is -0.122. The molecule has 4 atom stereocenters. The van der Waals surface area contributed by atoms with Crippen molar-refractivity contribution < 1.29 is 28.7 Å². The van der Waals surface area contributed by atoms with Gasteiger partial charge in [0, 0.05) is 5.69 Å². The average molecular weight is 519 g/mol. The highest BCUT2D eigenvalue weighted by Gasteiger charge is 2.52. The van der Waals surface area contributed by atoms with Crippen LogP contribution in [0.15, 0.2) is 48.5 Å². The van der Waals surface area contributed by atoms with Crippen LogP contribution in [0.25, 0.3) is 0 Å². The lowest BCUT2D eigenvalue weighted by atomic mass is 9.80. The number of nitrogens with one attached hydrogen (secondary N) is 1. The summed E-state index contributed by atoms with van der Waals surface area (Å²) in [7, 11) is 0. The number of rotatable bonds is 7. The molecular formula is C25H24Cl2N2O6. The van der Waals surface area contributed by atoms with Crippen molar-refractivity contribution in [3.63, 3.8) is 0 Å². The molecule has 35 heavy (non-hydrogen) atoms. The van der Waals surface area contributed by atoms with Crippen molar-refractivity contribution in [3.8, 4) is 5.75 Å². The fourth-order valence-corrected chi connectivity index (χ4v) is 4.92. The van der Waals surface area contributed by atoms with Gasteiger partial charge in [-0.3, -0.25) is 19.3 Å². The Bertz CT molecular complexity index is 1110. The molecule has 3 amide bonds. The Balaban J connectivity index is 1.38. The van der Waals surface area contributed by atoms with Gasteiger partial charge in [0.05, 0.1) is 40.4 Å². The Labute approximate surface area is 212 Å². The van der Waals surface area contributed by atoms with Crippen LogP contribution in [-0.2, 0) is 19.1 Å². The predicted molar refractivity (Wildman–Crippen MR) is 131 cm³/mol. The van der Waals surface area contributed by atoms with Gasteiger partial charge in [-0.25, -0.2) is 4.79 Å². The summed E-state index contributed by atoms with van der Waals surface area (Å²) in [5.74, 6) is -2.35. The number of ether oxygens (including phenoxy) is 2. The summed E-state index contributed by atoms with van der Waals surface area (Å²) in [6, 6.07) is 12.8. The second-order valence-electron chi connectivity index (χ2n) is 8.36. The van der Waals surface area contributed by atoms with Gasteiger partial charge in [0.2, 0.25) is 11.8 Å². The molecule has 0 spiro atoms. The largest absolute Gasteiger partial charge is 0.494 e. The molecule has 184 valence electrons. The summed E-state index contributed by atoms with van der Waals surface area (Å²) in [6.45, 7) is 1.90. The van der Waals surface area contributed by atoms with E-state index in [0.29, 0.717) is 30.9 Å². The summed E-state index contributed by atoms with van der Waals surface area (Å²) < 4.78 is 10.5. The Kier molecular flexibility index (Phi) is 7.62. The van der Waals surface area contributed by atoms with Crippen molar-refractivity contribution in [2.45, 2.75) is 30.5 Å². The Morgan fingerprint density at radius 2 is 1.63 bits per heavy atom. The highest BCUT2D eigenvalue weighted by atomic mass is 35.5. The van der Waals surface area contributed by atoms with Gasteiger partial charge in [0.1, 0.15) is 5.75 Å². The van der Waals surface area contributed by atoms with E-state index in [2.05, 4.69) is 5.32 Å². The van der Waals surface area contributed by atoms with Crippen LogP contribution in [0.5, 0.6) is 5.75 Å². The number of carbonyl (C=O) groups excluding carboxylic acids is 4. The van der Waals surface area contributed by atoms with Gasteiger partial charge < -0.3 is 14.8 Å². The molecule has 0 radical (unpaired) electrons. The molecule has 0 unspecified atom stereocenters. The first-order valence-corrected chi connectivity index (χ1v) is 12.1. The Morgan fingerprint density at radius 1 is 1.00 bits per heavy atom. The van der Waals surface area contributed by atoms with E-state index >= 15 is 0 Å². The summed E-state index contributed by atoms with van der Waals surface area (Å²) in [5.41, 5.74) is 0.902. The van der Waals surface area contributed by atoms with Crippen LogP contribution < -0.4 is 15.0 Å². The minimum atomic E-state index is -0.758. The number of carbonyl (C=O) groups is 4. The SMILES string of the molecule is CCOc1ccc(NC(=O)COC(=O)c2cccc(N3C(=O)[C@H]4C[C@H](Cl)[C@@H](Cl)C[C@H]4C3=O)c2)cc1. The lowest BCUT2D eigenvalue weighted by Gasteiger charge is -2.28. The van der Waals surface area contributed by atoms with Crippen LogP contribution in [-0.4, -0.2) is 47.7 Å². The molecule has 4 rings (SSSR count). The quantitative estimate of drug-likeness (QED) is 0.337.